The number of aromatic nitrogens is 1. The van der Waals surface area contributed by atoms with Crippen LogP contribution < -0.4 is 5.32 Å². The van der Waals surface area contributed by atoms with E-state index in [0.29, 0.717) is 5.92 Å². The molecule has 1 aromatic heterocycles. The maximum Gasteiger partial charge on any atom is 0.349 e. The van der Waals surface area contributed by atoms with Crippen LogP contribution >= 0.6 is 0 Å². The van der Waals surface area contributed by atoms with Gasteiger partial charge in [-0.05, 0) is 67.9 Å². The largest absolute Gasteiger partial charge is 0.451 e. The number of rotatable bonds is 7. The average Bonchev–Trinajstić information content (AvgIpc) is 3.03. The van der Waals surface area contributed by atoms with Crippen molar-refractivity contribution >= 4 is 18.0 Å². The molecule has 0 radical (unpaired) electrons. The second-order valence-corrected chi connectivity index (χ2v) is 8.79. The van der Waals surface area contributed by atoms with Crippen LogP contribution in [0.25, 0.3) is 6.08 Å². The van der Waals surface area contributed by atoms with E-state index < -0.39 is 12.6 Å². The molecular weight excluding hydrogens is 402 g/mol. The van der Waals surface area contributed by atoms with Crippen LogP contribution in [0.2, 0.25) is 0 Å². The van der Waals surface area contributed by atoms with Gasteiger partial charge in [0.1, 0.15) is 11.6 Å². The second kappa shape index (κ2) is 10.3. The molecule has 0 fully saturated rings. The highest BCUT2D eigenvalue weighted by Crippen LogP contribution is 2.29. The number of carbonyl (C=O) groups excluding carboxylic acids is 2. The van der Waals surface area contributed by atoms with Crippen LogP contribution in [0.1, 0.15) is 60.8 Å². The van der Waals surface area contributed by atoms with Crippen LogP contribution in [0.15, 0.2) is 35.9 Å². The molecule has 0 spiro atoms. The van der Waals surface area contributed by atoms with Crippen molar-refractivity contribution in [3.05, 3.63) is 64.0 Å². The maximum absolute atomic E-state index is 12.5. The van der Waals surface area contributed by atoms with Gasteiger partial charge in [0.05, 0.1) is 6.04 Å². The number of esters is 1. The van der Waals surface area contributed by atoms with Gasteiger partial charge in [-0.2, -0.15) is 5.26 Å². The average molecular weight is 434 g/mol. The number of fused-ring (bicyclic) bond motifs is 1. The number of hydrogen-bond acceptors (Lipinski definition) is 4. The topological polar surface area (TPSA) is 84.1 Å². The van der Waals surface area contributed by atoms with Crippen LogP contribution in [-0.2, 0) is 27.3 Å². The van der Waals surface area contributed by atoms with E-state index in [1.165, 1.54) is 11.6 Å². The number of nitriles is 1. The summed E-state index contributed by atoms with van der Waals surface area (Å²) >= 11 is 0. The van der Waals surface area contributed by atoms with Gasteiger partial charge in [-0.1, -0.05) is 38.1 Å². The summed E-state index contributed by atoms with van der Waals surface area (Å²) in [5, 5.41) is 12.4. The molecule has 0 bridgehead atoms. The lowest BCUT2D eigenvalue weighted by molar-refractivity contribution is -0.144. The van der Waals surface area contributed by atoms with Gasteiger partial charge in [-0.25, -0.2) is 4.79 Å². The molecule has 0 unspecified atom stereocenters. The molecule has 1 amide bonds. The third kappa shape index (κ3) is 5.47. The first-order valence-corrected chi connectivity index (χ1v) is 11.1. The molecule has 0 saturated heterocycles. The van der Waals surface area contributed by atoms with E-state index >= 15 is 0 Å². The Hall–Kier alpha value is -3.33. The van der Waals surface area contributed by atoms with Gasteiger partial charge in [0.15, 0.2) is 6.61 Å². The number of nitrogens with one attached hydrogen (secondary N) is 1. The zero-order valence-corrected chi connectivity index (χ0v) is 19.3. The minimum atomic E-state index is -0.791. The number of aryl methyl sites for hydroxylation is 2. The van der Waals surface area contributed by atoms with Crippen molar-refractivity contribution in [2.75, 3.05) is 6.61 Å². The minimum Gasteiger partial charge on any atom is -0.451 e. The summed E-state index contributed by atoms with van der Waals surface area (Å²) in [4.78, 5) is 24.9. The minimum absolute atomic E-state index is 0.0801. The zero-order valence-electron chi connectivity index (χ0n) is 19.3. The molecule has 6 nitrogen and oxygen atoms in total. The third-order valence-electron chi connectivity index (χ3n) is 5.84. The fourth-order valence-corrected chi connectivity index (χ4v) is 4.26. The highest BCUT2D eigenvalue weighted by molar-refractivity contribution is 5.99. The van der Waals surface area contributed by atoms with Crippen molar-refractivity contribution in [2.45, 2.75) is 59.5 Å². The van der Waals surface area contributed by atoms with E-state index in [2.05, 4.69) is 29.8 Å². The number of benzene rings is 1. The molecule has 0 aliphatic heterocycles. The first-order valence-electron chi connectivity index (χ1n) is 11.1. The van der Waals surface area contributed by atoms with E-state index in [4.69, 9.17) is 4.74 Å². The maximum atomic E-state index is 12.5. The van der Waals surface area contributed by atoms with E-state index in [1.807, 2.05) is 44.2 Å². The first-order chi connectivity index (χ1) is 15.3. The van der Waals surface area contributed by atoms with E-state index in [-0.39, 0.29) is 17.5 Å². The molecule has 1 aliphatic carbocycles. The van der Waals surface area contributed by atoms with Crippen molar-refractivity contribution in [1.29, 1.82) is 5.26 Å². The fraction of sp³-hybridized carbons (Fsp3) is 0.423. The van der Waals surface area contributed by atoms with Crippen LogP contribution in [0.4, 0.5) is 0 Å². The molecule has 1 heterocycles. The Morgan fingerprint density at radius 1 is 1.31 bits per heavy atom. The lowest BCUT2D eigenvalue weighted by Gasteiger charge is -2.26. The number of amides is 1. The van der Waals surface area contributed by atoms with E-state index in [0.717, 1.165) is 48.3 Å². The predicted molar refractivity (Wildman–Crippen MR) is 124 cm³/mol. The molecular formula is C26H31N3O3. The predicted octanol–water partition coefficient (Wildman–Crippen LogP) is 4.40. The quantitative estimate of drug-likeness (QED) is 0.398. The van der Waals surface area contributed by atoms with Gasteiger partial charge in [-0.15, -0.1) is 0 Å². The van der Waals surface area contributed by atoms with Gasteiger partial charge in [-0.3, -0.25) is 4.79 Å². The van der Waals surface area contributed by atoms with Gasteiger partial charge in [0.2, 0.25) is 0 Å². The summed E-state index contributed by atoms with van der Waals surface area (Å²) in [6.45, 7) is 8.71. The summed E-state index contributed by atoms with van der Waals surface area (Å²) in [6, 6.07) is 11.9. The van der Waals surface area contributed by atoms with Crippen LogP contribution in [0.3, 0.4) is 0 Å². The molecule has 1 atom stereocenters. The summed E-state index contributed by atoms with van der Waals surface area (Å²) in [6.07, 6.45) is 4.40. The molecule has 168 valence electrons. The molecule has 1 aliphatic rings. The van der Waals surface area contributed by atoms with Gasteiger partial charge in [0, 0.05) is 17.9 Å². The Balaban J connectivity index is 1.63. The Labute approximate surface area is 189 Å². The number of nitrogens with zero attached hydrogens (tertiary/aromatic N) is 2. The Bertz CT molecular complexity index is 1070. The second-order valence-electron chi connectivity index (χ2n) is 8.79. The Morgan fingerprint density at radius 3 is 2.78 bits per heavy atom. The normalized spacial score (nSPS) is 15.8. The smallest absolute Gasteiger partial charge is 0.349 e. The van der Waals surface area contributed by atoms with Gasteiger partial charge in [0.25, 0.3) is 5.91 Å². The summed E-state index contributed by atoms with van der Waals surface area (Å²) in [5.74, 6) is -0.681. The first kappa shape index (κ1) is 23.3. The summed E-state index contributed by atoms with van der Waals surface area (Å²) < 4.78 is 7.32. The monoisotopic (exact) mass is 433 g/mol. The lowest BCUT2D eigenvalue weighted by Crippen LogP contribution is -2.34. The van der Waals surface area contributed by atoms with Gasteiger partial charge < -0.3 is 14.6 Å². The van der Waals surface area contributed by atoms with E-state index in [1.54, 1.807) is 0 Å². The van der Waals surface area contributed by atoms with Gasteiger partial charge >= 0.3 is 5.97 Å². The van der Waals surface area contributed by atoms with Crippen LogP contribution in [-0.4, -0.2) is 23.1 Å². The summed E-state index contributed by atoms with van der Waals surface area (Å²) in [5.41, 5.74) is 5.11. The Kier molecular flexibility index (Phi) is 7.53. The highest BCUT2D eigenvalue weighted by atomic mass is 16.5. The summed E-state index contributed by atoms with van der Waals surface area (Å²) in [7, 11) is 0. The molecule has 1 N–H and O–H groups in total. The Morgan fingerprint density at radius 2 is 2.06 bits per heavy atom. The van der Waals surface area contributed by atoms with E-state index in [9.17, 15) is 14.9 Å². The molecule has 0 saturated carbocycles. The van der Waals surface area contributed by atoms with Crippen molar-refractivity contribution in [3.63, 3.8) is 0 Å². The molecule has 6 heteroatoms. The standard InChI is InChI=1S/C26H31N3O3/c1-17(2)15-29-18(3)12-21(19(29)4)13-22(14-27)26(31)32-16-25(30)28-24-11-7-9-20-8-5-6-10-23(20)24/h5-6,8,10,12-13,17,24H,7,9,11,15-16H2,1-4H3,(H,28,30)/b22-13+/t24-/m1/s1. The molecule has 3 rings (SSSR count). The molecule has 2 aromatic rings. The third-order valence-corrected chi connectivity index (χ3v) is 5.84. The van der Waals surface area contributed by atoms with Crippen molar-refractivity contribution in [1.82, 2.24) is 9.88 Å². The van der Waals surface area contributed by atoms with Crippen molar-refractivity contribution < 1.29 is 14.3 Å². The number of carbonyl (C=O) groups is 2. The van der Waals surface area contributed by atoms with Crippen LogP contribution in [0, 0.1) is 31.1 Å². The van der Waals surface area contributed by atoms with Crippen molar-refractivity contribution in [3.8, 4) is 6.07 Å². The highest BCUT2D eigenvalue weighted by Gasteiger charge is 2.22. The zero-order chi connectivity index (χ0) is 23.3. The number of ether oxygens (including phenoxy) is 1. The molecule has 32 heavy (non-hydrogen) atoms. The SMILES string of the molecule is Cc1cc(/C=C(\C#N)C(=O)OCC(=O)N[C@@H]2CCCc3ccccc32)c(C)n1CC(C)C. The number of hydrogen-bond donors (Lipinski definition) is 1. The van der Waals surface area contributed by atoms with Crippen molar-refractivity contribution in [2.24, 2.45) is 5.92 Å². The lowest BCUT2D eigenvalue weighted by atomic mass is 9.88. The molecule has 1 aromatic carbocycles. The fourth-order valence-electron chi connectivity index (χ4n) is 4.26. The van der Waals surface area contributed by atoms with Crippen LogP contribution in [0.5, 0.6) is 0 Å².